The second-order valence-corrected chi connectivity index (χ2v) is 7.18. The van der Waals surface area contributed by atoms with Gasteiger partial charge < -0.3 is 11.1 Å². The van der Waals surface area contributed by atoms with Crippen LogP contribution in [0.2, 0.25) is 0 Å². The summed E-state index contributed by atoms with van der Waals surface area (Å²) in [5.74, 6) is 0.205. The van der Waals surface area contributed by atoms with E-state index in [4.69, 9.17) is 18.9 Å². The normalized spacial score (nSPS) is 11.1. The average Bonchev–Trinajstić information content (AvgIpc) is 2.90. The number of hydrogen-bond acceptors (Lipinski definition) is 6. The van der Waals surface area contributed by atoms with Gasteiger partial charge in [0.1, 0.15) is 5.82 Å². The van der Waals surface area contributed by atoms with Gasteiger partial charge in [0.2, 0.25) is 5.95 Å². The van der Waals surface area contributed by atoms with E-state index < -0.39 is 5.95 Å². The van der Waals surface area contributed by atoms with E-state index in [1.54, 1.807) is 30.7 Å². The first-order valence-corrected chi connectivity index (χ1v) is 10.6. The largest absolute Gasteiger partial charge is 0.362 e. The highest BCUT2D eigenvalue weighted by molar-refractivity contribution is 5.47. The molecule has 4 rings (SSSR count). The van der Waals surface area contributed by atoms with Crippen LogP contribution in [0.5, 0.6) is 0 Å². The molecule has 8 nitrogen and oxygen atoms in total. The molecule has 0 amide bonds. The molecule has 0 fully saturated rings. The summed E-state index contributed by atoms with van der Waals surface area (Å²) in [6.07, 6.45) is 8.75. The van der Waals surface area contributed by atoms with Gasteiger partial charge in [-0.3, -0.25) is 9.97 Å². The summed E-state index contributed by atoms with van der Waals surface area (Å²) in [4.78, 5) is 21.5. The summed E-state index contributed by atoms with van der Waals surface area (Å²) >= 11 is 0. The second-order valence-electron chi connectivity index (χ2n) is 7.18. The Morgan fingerprint density at radius 2 is 1.29 bits per heavy atom. The molecule has 35 heavy (non-hydrogen) atoms. The summed E-state index contributed by atoms with van der Waals surface area (Å²) in [5.41, 5.74) is 9.12. The van der Waals surface area contributed by atoms with Gasteiger partial charge in [-0.2, -0.15) is 4.39 Å². The molecule has 0 unspecified atom stereocenters. The Labute approximate surface area is 204 Å². The van der Waals surface area contributed by atoms with Crippen LogP contribution in [-0.4, -0.2) is 19.9 Å². The second kappa shape index (κ2) is 14.4. The Kier molecular flexibility index (Phi) is 10.9. The predicted molar refractivity (Wildman–Crippen MR) is 134 cm³/mol. The summed E-state index contributed by atoms with van der Waals surface area (Å²) < 4.78 is 11.7. The Hall–Kier alpha value is -4.73. The first-order chi connectivity index (χ1) is 16.9. The molecular weight excluding hydrogens is 443 g/mol. The van der Waals surface area contributed by atoms with Crippen LogP contribution in [0.25, 0.3) is 9.69 Å². The maximum Gasteiger partial charge on any atom is 0.231 e. The van der Waals surface area contributed by atoms with Gasteiger partial charge in [0, 0.05) is 36.9 Å². The molecule has 3 N–H and O–H groups in total. The number of anilines is 1. The van der Waals surface area contributed by atoms with E-state index in [1.165, 1.54) is 12.4 Å². The minimum atomic E-state index is -0.539. The Morgan fingerprint density at radius 3 is 1.66 bits per heavy atom. The first kappa shape index (κ1) is 26.5. The smallest absolute Gasteiger partial charge is 0.231 e. The van der Waals surface area contributed by atoms with E-state index >= 15 is 0 Å². The van der Waals surface area contributed by atoms with E-state index in [-0.39, 0.29) is 12.1 Å². The van der Waals surface area contributed by atoms with Gasteiger partial charge in [0.15, 0.2) is 11.4 Å². The van der Waals surface area contributed by atoms with Gasteiger partial charge in [-0.15, -0.1) is 0 Å². The standard InChI is InChI=1S/C13H12N4.C9H10N2.C4H3FN2/c1-10(17-13-9-15-7-8-16-13)11-3-5-12(14-2)6-4-11;1-7(10)8-3-5-9(11-2)6-4-8;5-4-3-6-1-2-7-4/h3-10H,1H3,(H,16,17);3-7H,10H2,1H3;1-3H/t10-;7-;/m11./s1. The van der Waals surface area contributed by atoms with Gasteiger partial charge in [0.25, 0.3) is 0 Å². The maximum absolute atomic E-state index is 11.7. The molecule has 2 aromatic carbocycles. The lowest BCUT2D eigenvalue weighted by atomic mass is 10.1. The van der Waals surface area contributed by atoms with Crippen molar-refractivity contribution in [2.24, 2.45) is 5.73 Å². The van der Waals surface area contributed by atoms with Crippen molar-refractivity contribution in [3.05, 3.63) is 126 Å². The highest BCUT2D eigenvalue weighted by Gasteiger charge is 2.05. The van der Waals surface area contributed by atoms with E-state index in [0.717, 1.165) is 23.1 Å². The van der Waals surface area contributed by atoms with Crippen molar-refractivity contribution in [1.29, 1.82) is 0 Å². The highest BCUT2D eigenvalue weighted by atomic mass is 19.1. The summed E-state index contributed by atoms with van der Waals surface area (Å²) in [6, 6.07) is 15.0. The monoisotopic (exact) mass is 468 g/mol. The number of nitrogens with one attached hydrogen (secondary N) is 1. The van der Waals surface area contributed by atoms with Crippen LogP contribution in [0.3, 0.4) is 0 Å². The van der Waals surface area contributed by atoms with E-state index in [1.807, 2.05) is 50.2 Å². The van der Waals surface area contributed by atoms with Crippen molar-refractivity contribution in [2.45, 2.75) is 25.9 Å². The number of benzene rings is 2. The lowest BCUT2D eigenvalue weighted by Crippen LogP contribution is -2.07. The number of nitrogens with two attached hydrogens (primary N) is 1. The van der Waals surface area contributed by atoms with Crippen molar-refractivity contribution >= 4 is 17.2 Å². The lowest BCUT2D eigenvalue weighted by Gasteiger charge is -2.14. The minimum absolute atomic E-state index is 0.0507. The Bertz CT molecular complexity index is 1220. The van der Waals surface area contributed by atoms with Crippen LogP contribution < -0.4 is 11.1 Å². The zero-order chi connectivity index (χ0) is 25.5. The Morgan fingerprint density at radius 1 is 0.771 bits per heavy atom. The van der Waals surface area contributed by atoms with Crippen molar-refractivity contribution in [1.82, 2.24) is 19.9 Å². The van der Waals surface area contributed by atoms with Gasteiger partial charge in [-0.05, 0) is 25.0 Å². The first-order valence-electron chi connectivity index (χ1n) is 10.6. The molecule has 0 bridgehead atoms. The third-order valence-electron chi connectivity index (χ3n) is 4.53. The zero-order valence-electron chi connectivity index (χ0n) is 19.4. The topological polar surface area (TPSA) is 98.3 Å². The zero-order valence-corrected chi connectivity index (χ0v) is 19.4. The Balaban J connectivity index is 0.000000205. The molecule has 0 aliphatic carbocycles. The van der Waals surface area contributed by atoms with Crippen LogP contribution in [0.15, 0.2) is 85.7 Å². The van der Waals surface area contributed by atoms with Crippen LogP contribution >= 0.6 is 0 Å². The molecule has 0 aliphatic heterocycles. The fraction of sp³-hybridized carbons (Fsp3) is 0.154. The van der Waals surface area contributed by atoms with Gasteiger partial charge in [-0.25, -0.2) is 19.7 Å². The lowest BCUT2D eigenvalue weighted by molar-refractivity contribution is 0.576. The quantitative estimate of drug-likeness (QED) is 0.353. The van der Waals surface area contributed by atoms with Gasteiger partial charge >= 0.3 is 0 Å². The van der Waals surface area contributed by atoms with E-state index in [0.29, 0.717) is 11.4 Å². The number of halogens is 1. The molecular formula is C26H25FN8. The number of rotatable bonds is 4. The van der Waals surface area contributed by atoms with Crippen molar-refractivity contribution < 1.29 is 4.39 Å². The molecule has 0 spiro atoms. The summed E-state index contributed by atoms with van der Waals surface area (Å²) in [6.45, 7) is 17.6. The van der Waals surface area contributed by atoms with Crippen LogP contribution in [0.1, 0.15) is 37.1 Å². The van der Waals surface area contributed by atoms with Crippen molar-refractivity contribution in [3.8, 4) is 0 Å². The number of aromatic nitrogens is 4. The SMILES string of the molecule is Fc1cnccn1.[C-]#[N+]c1ccc([C@@H](C)N)cc1.[C-]#[N+]c1ccc([C@@H](C)Nc2cnccn2)cc1. The molecule has 0 aliphatic rings. The molecule has 0 saturated heterocycles. The summed E-state index contributed by atoms with van der Waals surface area (Å²) in [7, 11) is 0. The molecule has 4 aromatic rings. The molecule has 0 saturated carbocycles. The molecule has 0 radical (unpaired) electrons. The van der Waals surface area contributed by atoms with Crippen LogP contribution in [0.4, 0.5) is 21.6 Å². The van der Waals surface area contributed by atoms with E-state index in [9.17, 15) is 4.39 Å². The molecule has 2 atom stereocenters. The number of nitrogens with zero attached hydrogens (tertiary/aromatic N) is 6. The van der Waals surface area contributed by atoms with Crippen molar-refractivity contribution in [2.75, 3.05) is 5.32 Å². The van der Waals surface area contributed by atoms with Crippen molar-refractivity contribution in [3.63, 3.8) is 0 Å². The van der Waals surface area contributed by atoms with Crippen LogP contribution in [0, 0.1) is 19.1 Å². The fourth-order valence-electron chi connectivity index (χ4n) is 2.65. The summed E-state index contributed by atoms with van der Waals surface area (Å²) in [5, 5.41) is 3.24. The average molecular weight is 469 g/mol. The van der Waals surface area contributed by atoms with Gasteiger partial charge in [0.05, 0.1) is 25.5 Å². The predicted octanol–water partition coefficient (Wildman–Crippen LogP) is 6.07. The van der Waals surface area contributed by atoms with E-state index in [2.05, 4.69) is 34.9 Å². The minimum Gasteiger partial charge on any atom is -0.362 e. The maximum atomic E-state index is 11.7. The third-order valence-corrected chi connectivity index (χ3v) is 4.53. The molecule has 176 valence electrons. The molecule has 2 heterocycles. The fourth-order valence-corrected chi connectivity index (χ4v) is 2.65. The number of hydrogen-bond donors (Lipinski definition) is 2. The molecule has 9 heteroatoms. The van der Waals surface area contributed by atoms with Gasteiger partial charge in [-0.1, -0.05) is 48.5 Å². The highest BCUT2D eigenvalue weighted by Crippen LogP contribution is 2.20. The third kappa shape index (κ3) is 9.74. The molecule has 2 aromatic heterocycles. The van der Waals surface area contributed by atoms with Crippen LogP contribution in [-0.2, 0) is 0 Å².